The Morgan fingerprint density at radius 2 is 2.18 bits per heavy atom. The summed E-state index contributed by atoms with van der Waals surface area (Å²) in [4.78, 5) is 23.7. The molecular weight excluding hydrogens is 296 g/mol. The van der Waals surface area contributed by atoms with E-state index in [1.807, 2.05) is 0 Å². The van der Waals surface area contributed by atoms with Gasteiger partial charge in [0.25, 0.3) is 0 Å². The molecular formula is C14H15F2N3O3. The van der Waals surface area contributed by atoms with E-state index < -0.39 is 28.5 Å². The van der Waals surface area contributed by atoms with E-state index in [1.54, 1.807) is 4.90 Å². The summed E-state index contributed by atoms with van der Waals surface area (Å²) in [5, 5.41) is 13.3. The van der Waals surface area contributed by atoms with Crippen LogP contribution >= 0.6 is 0 Å². The highest BCUT2D eigenvalue weighted by atomic mass is 19.1. The third kappa shape index (κ3) is 2.86. The first kappa shape index (κ1) is 14.7. The molecule has 118 valence electrons. The van der Waals surface area contributed by atoms with Crippen LogP contribution in [-0.4, -0.2) is 36.0 Å². The standard InChI is InChI=1S/C14H15F2N3O3/c15-8-1-2-12(11(16)5-8)18-4-3-9(7-18)17-14(20)10-6-13(10)19(21)22/h1-2,5,9-10,13H,3-4,6-7H2,(H,17,20)/t9-,10-,13+/m1/s1. The first-order valence-electron chi connectivity index (χ1n) is 7.09. The zero-order valence-corrected chi connectivity index (χ0v) is 11.7. The van der Waals surface area contributed by atoms with Gasteiger partial charge in [0, 0.05) is 36.5 Å². The van der Waals surface area contributed by atoms with Crippen LogP contribution in [0.15, 0.2) is 18.2 Å². The molecule has 1 saturated carbocycles. The number of hydrogen-bond donors (Lipinski definition) is 1. The number of carbonyl (C=O) groups excluding carboxylic acids is 1. The molecule has 0 unspecified atom stereocenters. The Kier molecular flexibility index (Phi) is 3.67. The van der Waals surface area contributed by atoms with Crippen LogP contribution in [0.25, 0.3) is 0 Å². The van der Waals surface area contributed by atoms with E-state index in [4.69, 9.17) is 0 Å². The molecule has 3 atom stereocenters. The van der Waals surface area contributed by atoms with Crippen molar-refractivity contribution >= 4 is 11.6 Å². The van der Waals surface area contributed by atoms with Crippen molar-refractivity contribution < 1.29 is 18.5 Å². The lowest BCUT2D eigenvalue weighted by atomic mass is 10.2. The van der Waals surface area contributed by atoms with Gasteiger partial charge in [0.1, 0.15) is 17.6 Å². The van der Waals surface area contributed by atoms with E-state index in [9.17, 15) is 23.7 Å². The van der Waals surface area contributed by atoms with Gasteiger partial charge in [-0.25, -0.2) is 8.78 Å². The van der Waals surface area contributed by atoms with E-state index >= 15 is 0 Å². The van der Waals surface area contributed by atoms with Gasteiger partial charge in [0.2, 0.25) is 11.9 Å². The number of nitrogens with one attached hydrogen (secondary N) is 1. The molecule has 3 rings (SSSR count). The van der Waals surface area contributed by atoms with Gasteiger partial charge in [-0.2, -0.15) is 0 Å². The van der Waals surface area contributed by atoms with Gasteiger partial charge in [-0.3, -0.25) is 14.9 Å². The number of carbonyl (C=O) groups is 1. The van der Waals surface area contributed by atoms with Crippen LogP contribution in [0.4, 0.5) is 14.5 Å². The second-order valence-corrected chi connectivity index (χ2v) is 5.73. The van der Waals surface area contributed by atoms with Crippen LogP contribution in [-0.2, 0) is 4.79 Å². The van der Waals surface area contributed by atoms with Gasteiger partial charge in [-0.05, 0) is 18.6 Å². The molecule has 8 heteroatoms. The molecule has 22 heavy (non-hydrogen) atoms. The summed E-state index contributed by atoms with van der Waals surface area (Å²) in [6, 6.07) is 2.44. The highest BCUT2D eigenvalue weighted by Crippen LogP contribution is 2.33. The zero-order chi connectivity index (χ0) is 15.9. The van der Waals surface area contributed by atoms with Crippen molar-refractivity contribution in [2.24, 2.45) is 5.92 Å². The number of rotatable bonds is 4. The molecule has 1 aliphatic carbocycles. The molecule has 1 saturated heterocycles. The van der Waals surface area contributed by atoms with E-state index in [-0.39, 0.29) is 18.4 Å². The highest BCUT2D eigenvalue weighted by Gasteiger charge is 2.53. The number of anilines is 1. The third-order valence-corrected chi connectivity index (χ3v) is 4.15. The van der Waals surface area contributed by atoms with Gasteiger partial charge < -0.3 is 10.2 Å². The van der Waals surface area contributed by atoms with Crippen molar-refractivity contribution in [2.45, 2.75) is 24.9 Å². The SMILES string of the molecule is O=C(N[C@@H]1CCN(c2ccc(F)cc2F)C1)[C@@H]1C[C@@H]1[N+](=O)[O-]. The number of hydrogen-bond acceptors (Lipinski definition) is 4. The number of nitrogens with zero attached hydrogens (tertiary/aromatic N) is 2. The fourth-order valence-electron chi connectivity index (χ4n) is 2.84. The molecule has 2 fully saturated rings. The van der Waals surface area contributed by atoms with E-state index in [0.29, 0.717) is 25.2 Å². The maximum atomic E-state index is 13.7. The average molecular weight is 311 g/mol. The summed E-state index contributed by atoms with van der Waals surface area (Å²) in [6.07, 6.45) is 0.903. The Morgan fingerprint density at radius 1 is 1.41 bits per heavy atom. The average Bonchev–Trinajstić information content (AvgIpc) is 3.14. The largest absolute Gasteiger partial charge is 0.367 e. The predicted octanol–water partition coefficient (Wildman–Crippen LogP) is 1.32. The number of benzene rings is 1. The van der Waals surface area contributed by atoms with Crippen molar-refractivity contribution in [1.29, 1.82) is 0 Å². The number of halogens is 2. The quantitative estimate of drug-likeness (QED) is 0.672. The molecule has 1 amide bonds. The normalized spacial score (nSPS) is 26.8. The van der Waals surface area contributed by atoms with Crippen LogP contribution in [0.1, 0.15) is 12.8 Å². The van der Waals surface area contributed by atoms with Crippen molar-refractivity contribution in [3.05, 3.63) is 39.9 Å². The van der Waals surface area contributed by atoms with E-state index in [1.165, 1.54) is 12.1 Å². The third-order valence-electron chi connectivity index (χ3n) is 4.15. The summed E-state index contributed by atoms with van der Waals surface area (Å²) in [5.74, 6) is -2.13. The zero-order valence-electron chi connectivity index (χ0n) is 11.7. The lowest BCUT2D eigenvalue weighted by Gasteiger charge is -2.19. The predicted molar refractivity (Wildman–Crippen MR) is 74.0 cm³/mol. The summed E-state index contributed by atoms with van der Waals surface area (Å²) in [7, 11) is 0. The van der Waals surface area contributed by atoms with Crippen molar-refractivity contribution in [3.63, 3.8) is 0 Å². The Balaban J connectivity index is 1.56. The topological polar surface area (TPSA) is 75.5 Å². The minimum atomic E-state index is -0.771. The molecule has 1 aromatic carbocycles. The van der Waals surface area contributed by atoms with Crippen LogP contribution in [0.2, 0.25) is 0 Å². The molecule has 0 bridgehead atoms. The van der Waals surface area contributed by atoms with Gasteiger partial charge in [0.05, 0.1) is 5.69 Å². The van der Waals surface area contributed by atoms with Crippen LogP contribution < -0.4 is 10.2 Å². The summed E-state index contributed by atoms with van der Waals surface area (Å²) in [6.45, 7) is 0.945. The lowest BCUT2D eigenvalue weighted by molar-refractivity contribution is -0.497. The van der Waals surface area contributed by atoms with E-state index in [0.717, 1.165) is 6.07 Å². The second kappa shape index (κ2) is 5.51. The minimum Gasteiger partial charge on any atom is -0.367 e. The molecule has 1 heterocycles. The first-order valence-corrected chi connectivity index (χ1v) is 7.09. The molecule has 1 N–H and O–H groups in total. The monoisotopic (exact) mass is 311 g/mol. The second-order valence-electron chi connectivity index (χ2n) is 5.73. The van der Waals surface area contributed by atoms with Crippen LogP contribution in [0, 0.1) is 27.7 Å². The van der Waals surface area contributed by atoms with Gasteiger partial charge in [0.15, 0.2) is 0 Å². The fraction of sp³-hybridized carbons (Fsp3) is 0.500. The Morgan fingerprint density at radius 3 is 2.82 bits per heavy atom. The molecule has 1 aliphatic heterocycles. The van der Waals surface area contributed by atoms with Gasteiger partial charge in [-0.15, -0.1) is 0 Å². The molecule has 6 nitrogen and oxygen atoms in total. The molecule has 2 aliphatic rings. The van der Waals surface area contributed by atoms with Crippen LogP contribution in [0.5, 0.6) is 0 Å². The smallest absolute Gasteiger partial charge is 0.230 e. The van der Waals surface area contributed by atoms with Crippen molar-refractivity contribution in [2.75, 3.05) is 18.0 Å². The van der Waals surface area contributed by atoms with Crippen molar-refractivity contribution in [1.82, 2.24) is 5.32 Å². The van der Waals surface area contributed by atoms with Crippen molar-refractivity contribution in [3.8, 4) is 0 Å². The number of nitro groups is 1. The maximum absolute atomic E-state index is 13.7. The maximum Gasteiger partial charge on any atom is 0.230 e. The molecule has 1 aromatic rings. The van der Waals surface area contributed by atoms with Gasteiger partial charge in [-0.1, -0.05) is 0 Å². The summed E-state index contributed by atoms with van der Waals surface area (Å²) in [5.41, 5.74) is 0.299. The number of amides is 1. The van der Waals surface area contributed by atoms with Crippen LogP contribution in [0.3, 0.4) is 0 Å². The minimum absolute atomic E-state index is 0.176. The van der Waals surface area contributed by atoms with Gasteiger partial charge >= 0.3 is 0 Å². The summed E-state index contributed by atoms with van der Waals surface area (Å²) >= 11 is 0. The Labute approximate surface area is 125 Å². The lowest BCUT2D eigenvalue weighted by Crippen LogP contribution is -2.39. The molecule has 0 spiro atoms. The Hall–Kier alpha value is -2.25. The highest BCUT2D eigenvalue weighted by molar-refractivity contribution is 5.82. The van der Waals surface area contributed by atoms with E-state index in [2.05, 4.69) is 5.32 Å². The summed E-state index contributed by atoms with van der Waals surface area (Å²) < 4.78 is 26.6. The Bertz CT molecular complexity index is 625. The molecule has 0 radical (unpaired) electrons. The first-order chi connectivity index (χ1) is 10.5. The fourth-order valence-corrected chi connectivity index (χ4v) is 2.84. The molecule has 0 aromatic heterocycles.